The van der Waals surface area contributed by atoms with E-state index in [2.05, 4.69) is 23.4 Å². The molecule has 0 aromatic carbocycles. The highest BCUT2D eigenvalue weighted by Crippen LogP contribution is 2.13. The quantitative estimate of drug-likeness (QED) is 0.777. The van der Waals surface area contributed by atoms with Gasteiger partial charge in [0.05, 0.1) is 6.33 Å². The Balaban J connectivity index is 0.000000336. The van der Waals surface area contributed by atoms with E-state index >= 15 is 0 Å². The molecule has 7 heteroatoms. The molecule has 1 rings (SSSR count). The summed E-state index contributed by atoms with van der Waals surface area (Å²) in [4.78, 5) is 4.00. The highest BCUT2D eigenvalue weighted by Gasteiger charge is 2.02. The Kier molecular flexibility index (Phi) is 6.14. The Morgan fingerprint density at radius 1 is 1.33 bits per heavy atom. The van der Waals surface area contributed by atoms with Crippen LogP contribution in [0.4, 0.5) is 0 Å². The minimum absolute atomic E-state index is 0.641. The molecule has 0 bridgehead atoms. The topological polar surface area (TPSA) is 92.4 Å². The number of imidazole rings is 1. The van der Waals surface area contributed by atoms with Gasteiger partial charge in [-0.25, -0.2) is 4.98 Å². The van der Waals surface area contributed by atoms with Crippen LogP contribution in [0.3, 0.4) is 0 Å². The first kappa shape index (κ1) is 14.1. The average molecular weight is 236 g/mol. The molecular weight excluding hydrogens is 220 g/mol. The highest BCUT2D eigenvalue weighted by molar-refractivity contribution is 7.79. The van der Waals surface area contributed by atoms with Gasteiger partial charge in [-0.15, -0.1) is 0 Å². The molecule has 0 aliphatic rings. The second kappa shape index (κ2) is 6.54. The third kappa shape index (κ3) is 8.10. The van der Waals surface area contributed by atoms with E-state index in [1.165, 1.54) is 12.8 Å². The zero-order valence-corrected chi connectivity index (χ0v) is 9.55. The molecular formula is C8H16N2O4S. The monoisotopic (exact) mass is 236 g/mol. The zero-order chi connectivity index (χ0) is 11.9. The van der Waals surface area contributed by atoms with Crippen LogP contribution in [0.2, 0.25) is 0 Å². The summed E-state index contributed by atoms with van der Waals surface area (Å²) in [5.74, 6) is 0. The van der Waals surface area contributed by atoms with E-state index in [1.54, 1.807) is 0 Å². The lowest BCUT2D eigenvalue weighted by Gasteiger charge is -2.12. The summed E-state index contributed by atoms with van der Waals surface area (Å²) in [5.41, 5.74) is 0. The van der Waals surface area contributed by atoms with Crippen molar-refractivity contribution < 1.29 is 17.5 Å². The minimum Gasteiger partial charge on any atom is -0.334 e. The highest BCUT2D eigenvalue weighted by atomic mass is 32.3. The summed E-state index contributed by atoms with van der Waals surface area (Å²) >= 11 is 0. The van der Waals surface area contributed by atoms with Crippen LogP contribution in [-0.2, 0) is 10.4 Å². The van der Waals surface area contributed by atoms with Crippen LogP contribution in [0, 0.1) is 0 Å². The van der Waals surface area contributed by atoms with E-state index in [4.69, 9.17) is 17.5 Å². The number of aromatic nitrogens is 2. The lowest BCUT2D eigenvalue weighted by molar-refractivity contribution is 0.381. The molecule has 0 aliphatic carbocycles. The van der Waals surface area contributed by atoms with Crippen LogP contribution in [-0.4, -0.2) is 27.1 Å². The lowest BCUT2D eigenvalue weighted by Crippen LogP contribution is -2.03. The van der Waals surface area contributed by atoms with E-state index in [1.807, 2.05) is 18.7 Å². The predicted octanol–water partition coefficient (Wildman–Crippen LogP) is 1.59. The van der Waals surface area contributed by atoms with E-state index in [0.29, 0.717) is 6.04 Å². The van der Waals surface area contributed by atoms with Gasteiger partial charge in [0.15, 0.2) is 0 Å². The zero-order valence-electron chi connectivity index (χ0n) is 8.74. The molecule has 0 radical (unpaired) electrons. The minimum atomic E-state index is -4.67. The first-order valence-corrected chi connectivity index (χ1v) is 5.95. The second-order valence-corrected chi connectivity index (χ2v) is 3.82. The van der Waals surface area contributed by atoms with Crippen molar-refractivity contribution in [3.05, 3.63) is 18.7 Å². The van der Waals surface area contributed by atoms with Crippen LogP contribution in [0.15, 0.2) is 18.7 Å². The van der Waals surface area contributed by atoms with Crippen molar-refractivity contribution in [2.45, 2.75) is 32.7 Å². The van der Waals surface area contributed by atoms with Crippen LogP contribution < -0.4 is 0 Å². The molecule has 0 spiro atoms. The maximum atomic E-state index is 8.74. The first-order chi connectivity index (χ1) is 6.88. The largest absolute Gasteiger partial charge is 0.394 e. The van der Waals surface area contributed by atoms with Gasteiger partial charge in [-0.3, -0.25) is 9.11 Å². The maximum absolute atomic E-state index is 8.74. The van der Waals surface area contributed by atoms with Gasteiger partial charge in [-0.1, -0.05) is 13.8 Å². The molecule has 0 aliphatic heterocycles. The Bertz CT molecular complexity index is 335. The predicted molar refractivity (Wildman–Crippen MR) is 56.0 cm³/mol. The second-order valence-electron chi connectivity index (χ2n) is 2.93. The third-order valence-electron chi connectivity index (χ3n) is 1.89. The molecule has 1 aromatic rings. The Morgan fingerprint density at radius 3 is 2.07 bits per heavy atom. The van der Waals surface area contributed by atoms with Crippen molar-refractivity contribution in [1.82, 2.24) is 9.55 Å². The summed E-state index contributed by atoms with van der Waals surface area (Å²) in [7, 11) is -4.67. The molecule has 0 atom stereocenters. The fourth-order valence-corrected chi connectivity index (χ4v) is 1.20. The number of nitrogens with zero attached hydrogens (tertiary/aromatic N) is 2. The standard InChI is InChI=1S/C8H14N2.H2O4S/c1-3-8(4-2)10-6-5-9-7-10;1-5(2,3)4/h5-8H,3-4H2,1-2H3;(H2,1,2,3,4). The molecule has 2 N–H and O–H groups in total. The van der Waals surface area contributed by atoms with Crippen molar-refractivity contribution in [3.63, 3.8) is 0 Å². The van der Waals surface area contributed by atoms with Crippen LogP contribution in [0.1, 0.15) is 32.7 Å². The van der Waals surface area contributed by atoms with Gasteiger partial charge in [0, 0.05) is 18.4 Å². The van der Waals surface area contributed by atoms with Crippen LogP contribution in [0.5, 0.6) is 0 Å². The summed E-state index contributed by atoms with van der Waals surface area (Å²) < 4.78 is 33.8. The molecule has 88 valence electrons. The fourth-order valence-electron chi connectivity index (χ4n) is 1.20. The Hall–Kier alpha value is -0.920. The van der Waals surface area contributed by atoms with Gasteiger partial charge in [-0.2, -0.15) is 8.42 Å². The van der Waals surface area contributed by atoms with Crippen molar-refractivity contribution in [2.75, 3.05) is 0 Å². The van der Waals surface area contributed by atoms with Gasteiger partial charge >= 0.3 is 10.4 Å². The first-order valence-electron chi connectivity index (χ1n) is 4.55. The molecule has 6 nitrogen and oxygen atoms in total. The molecule has 0 unspecified atom stereocenters. The lowest BCUT2D eigenvalue weighted by atomic mass is 10.2. The van der Waals surface area contributed by atoms with E-state index < -0.39 is 10.4 Å². The SMILES string of the molecule is CCC(CC)n1ccnc1.O=S(=O)(O)O. The third-order valence-corrected chi connectivity index (χ3v) is 1.89. The summed E-state index contributed by atoms with van der Waals surface area (Å²) in [6.45, 7) is 4.41. The van der Waals surface area contributed by atoms with E-state index in [9.17, 15) is 0 Å². The summed E-state index contributed by atoms with van der Waals surface area (Å²) in [6, 6.07) is 0.641. The van der Waals surface area contributed by atoms with Crippen molar-refractivity contribution in [1.29, 1.82) is 0 Å². The fraction of sp³-hybridized carbons (Fsp3) is 0.625. The molecule has 0 amide bonds. The smallest absolute Gasteiger partial charge is 0.334 e. The van der Waals surface area contributed by atoms with Gasteiger partial charge in [-0.05, 0) is 12.8 Å². The molecule has 0 fully saturated rings. The van der Waals surface area contributed by atoms with Crippen molar-refractivity contribution in [3.8, 4) is 0 Å². The Labute approximate surface area is 89.5 Å². The van der Waals surface area contributed by atoms with Crippen molar-refractivity contribution >= 4 is 10.4 Å². The van der Waals surface area contributed by atoms with Gasteiger partial charge in [0.25, 0.3) is 0 Å². The summed E-state index contributed by atoms with van der Waals surface area (Å²) in [6.07, 6.45) is 8.12. The van der Waals surface area contributed by atoms with Gasteiger partial charge in [0.1, 0.15) is 0 Å². The number of hydrogen-bond acceptors (Lipinski definition) is 3. The molecule has 0 saturated heterocycles. The number of rotatable bonds is 3. The molecule has 1 aromatic heterocycles. The van der Waals surface area contributed by atoms with E-state index in [0.717, 1.165) is 0 Å². The van der Waals surface area contributed by atoms with Crippen LogP contribution in [0.25, 0.3) is 0 Å². The maximum Gasteiger partial charge on any atom is 0.394 e. The summed E-state index contributed by atoms with van der Waals surface area (Å²) in [5, 5.41) is 0. The molecule has 15 heavy (non-hydrogen) atoms. The van der Waals surface area contributed by atoms with Crippen molar-refractivity contribution in [2.24, 2.45) is 0 Å². The molecule has 0 saturated carbocycles. The van der Waals surface area contributed by atoms with Gasteiger partial charge < -0.3 is 4.57 Å². The Morgan fingerprint density at radius 2 is 1.80 bits per heavy atom. The normalized spacial score (nSPS) is 11.0. The van der Waals surface area contributed by atoms with Gasteiger partial charge in [0.2, 0.25) is 0 Å². The average Bonchev–Trinajstić information content (AvgIpc) is 2.56. The van der Waals surface area contributed by atoms with E-state index in [-0.39, 0.29) is 0 Å². The van der Waals surface area contributed by atoms with Crippen LogP contribution >= 0.6 is 0 Å². The molecule has 1 heterocycles. The number of hydrogen-bond donors (Lipinski definition) is 2.